The standard InChI is InChI=1S/C16H26N2O/c1-4-13-5-8-16(19-3)14(11-13)12-18(2)10-9-17-15-6-7-15/h5,8,11,15,17H,4,6-7,9-10,12H2,1-3H3. The Morgan fingerprint density at radius 1 is 1.37 bits per heavy atom. The van der Waals surface area contributed by atoms with Gasteiger partial charge in [0.2, 0.25) is 0 Å². The van der Waals surface area contributed by atoms with Gasteiger partial charge in [-0.1, -0.05) is 19.1 Å². The Balaban J connectivity index is 1.87. The fourth-order valence-corrected chi connectivity index (χ4v) is 2.29. The Bertz CT molecular complexity index is 402. The van der Waals surface area contributed by atoms with Crippen LogP contribution >= 0.6 is 0 Å². The van der Waals surface area contributed by atoms with Crippen LogP contribution in [0.1, 0.15) is 30.9 Å². The predicted octanol–water partition coefficient (Wildman–Crippen LogP) is 2.44. The average Bonchev–Trinajstić information content (AvgIpc) is 3.22. The summed E-state index contributed by atoms with van der Waals surface area (Å²) in [6.45, 7) is 5.30. The van der Waals surface area contributed by atoms with Gasteiger partial charge in [0.25, 0.3) is 0 Å². The highest BCUT2D eigenvalue weighted by molar-refractivity contribution is 5.37. The molecule has 1 aliphatic rings. The quantitative estimate of drug-likeness (QED) is 0.779. The van der Waals surface area contributed by atoms with Crippen molar-refractivity contribution < 1.29 is 4.74 Å². The smallest absolute Gasteiger partial charge is 0.123 e. The van der Waals surface area contributed by atoms with Crippen LogP contribution in [0.4, 0.5) is 0 Å². The van der Waals surface area contributed by atoms with Crippen LogP contribution in [0, 0.1) is 0 Å². The lowest BCUT2D eigenvalue weighted by molar-refractivity contribution is 0.315. The van der Waals surface area contributed by atoms with Crippen molar-refractivity contribution in [3.8, 4) is 5.75 Å². The molecule has 1 N–H and O–H groups in total. The minimum atomic E-state index is 0.798. The third kappa shape index (κ3) is 4.51. The molecule has 0 bridgehead atoms. The minimum Gasteiger partial charge on any atom is -0.496 e. The largest absolute Gasteiger partial charge is 0.496 e. The van der Waals surface area contributed by atoms with E-state index >= 15 is 0 Å². The Labute approximate surface area is 116 Å². The maximum atomic E-state index is 5.46. The number of ether oxygens (including phenoxy) is 1. The predicted molar refractivity (Wildman–Crippen MR) is 79.7 cm³/mol. The van der Waals surface area contributed by atoms with Gasteiger partial charge in [0.05, 0.1) is 7.11 Å². The summed E-state index contributed by atoms with van der Waals surface area (Å²) in [7, 11) is 3.92. The topological polar surface area (TPSA) is 24.5 Å². The molecule has 1 saturated carbocycles. The fourth-order valence-electron chi connectivity index (χ4n) is 2.29. The van der Waals surface area contributed by atoms with Crippen molar-refractivity contribution in [3.05, 3.63) is 29.3 Å². The van der Waals surface area contributed by atoms with E-state index in [0.29, 0.717) is 0 Å². The molecule has 3 nitrogen and oxygen atoms in total. The molecule has 19 heavy (non-hydrogen) atoms. The lowest BCUT2D eigenvalue weighted by Crippen LogP contribution is -2.30. The summed E-state index contributed by atoms with van der Waals surface area (Å²) in [5.41, 5.74) is 2.66. The molecule has 1 aromatic rings. The molecule has 0 heterocycles. The molecule has 0 aliphatic heterocycles. The zero-order valence-corrected chi connectivity index (χ0v) is 12.4. The molecule has 0 radical (unpaired) electrons. The summed E-state index contributed by atoms with van der Waals surface area (Å²) >= 11 is 0. The summed E-state index contributed by atoms with van der Waals surface area (Å²) in [6, 6.07) is 7.30. The molecule has 0 spiro atoms. The maximum absolute atomic E-state index is 5.46. The highest BCUT2D eigenvalue weighted by Crippen LogP contribution is 2.22. The number of likely N-dealkylation sites (N-methyl/N-ethyl adjacent to an activating group) is 1. The highest BCUT2D eigenvalue weighted by Gasteiger charge is 2.19. The second-order valence-electron chi connectivity index (χ2n) is 5.47. The molecule has 0 saturated heterocycles. The molecule has 1 fully saturated rings. The van der Waals surface area contributed by atoms with Crippen molar-refractivity contribution in [2.24, 2.45) is 0 Å². The molecule has 1 aromatic carbocycles. The first kappa shape index (κ1) is 14.4. The van der Waals surface area contributed by atoms with Crippen molar-refractivity contribution in [2.45, 2.75) is 38.8 Å². The zero-order chi connectivity index (χ0) is 13.7. The molecule has 0 aromatic heterocycles. The van der Waals surface area contributed by atoms with Gasteiger partial charge < -0.3 is 15.0 Å². The summed E-state index contributed by atoms with van der Waals surface area (Å²) in [4.78, 5) is 2.35. The Morgan fingerprint density at radius 2 is 2.16 bits per heavy atom. The first-order valence-electron chi connectivity index (χ1n) is 7.30. The number of hydrogen-bond acceptors (Lipinski definition) is 3. The maximum Gasteiger partial charge on any atom is 0.123 e. The van der Waals surface area contributed by atoms with Crippen molar-refractivity contribution in [1.82, 2.24) is 10.2 Å². The lowest BCUT2D eigenvalue weighted by atomic mass is 10.1. The van der Waals surface area contributed by atoms with Gasteiger partial charge >= 0.3 is 0 Å². The van der Waals surface area contributed by atoms with E-state index in [1.807, 2.05) is 0 Å². The molecular weight excluding hydrogens is 236 g/mol. The van der Waals surface area contributed by atoms with Crippen LogP contribution in [0.3, 0.4) is 0 Å². The SMILES string of the molecule is CCc1ccc(OC)c(CN(C)CCNC2CC2)c1. The van der Waals surface area contributed by atoms with E-state index in [-0.39, 0.29) is 0 Å². The van der Waals surface area contributed by atoms with E-state index in [2.05, 4.69) is 42.4 Å². The first-order chi connectivity index (χ1) is 9.22. The third-order valence-electron chi connectivity index (χ3n) is 3.70. The van der Waals surface area contributed by atoms with E-state index < -0.39 is 0 Å². The Hall–Kier alpha value is -1.06. The number of nitrogens with zero attached hydrogens (tertiary/aromatic N) is 1. The van der Waals surface area contributed by atoms with Crippen molar-refractivity contribution in [3.63, 3.8) is 0 Å². The van der Waals surface area contributed by atoms with Gasteiger partial charge in [-0.2, -0.15) is 0 Å². The summed E-state index contributed by atoms with van der Waals surface area (Å²) in [5.74, 6) is 0.999. The van der Waals surface area contributed by atoms with Gasteiger partial charge in [-0.15, -0.1) is 0 Å². The van der Waals surface area contributed by atoms with E-state index in [4.69, 9.17) is 4.74 Å². The molecule has 0 amide bonds. The number of methoxy groups -OCH3 is 1. The lowest BCUT2D eigenvalue weighted by Gasteiger charge is -2.19. The zero-order valence-electron chi connectivity index (χ0n) is 12.4. The second-order valence-corrected chi connectivity index (χ2v) is 5.47. The van der Waals surface area contributed by atoms with E-state index in [0.717, 1.165) is 37.8 Å². The van der Waals surface area contributed by atoms with E-state index in [9.17, 15) is 0 Å². The van der Waals surface area contributed by atoms with Crippen LogP contribution in [-0.2, 0) is 13.0 Å². The number of benzene rings is 1. The van der Waals surface area contributed by atoms with E-state index in [1.165, 1.54) is 24.0 Å². The van der Waals surface area contributed by atoms with Crippen molar-refractivity contribution >= 4 is 0 Å². The summed E-state index contributed by atoms with van der Waals surface area (Å²) < 4.78 is 5.46. The number of hydrogen-bond donors (Lipinski definition) is 1. The van der Waals surface area contributed by atoms with Crippen LogP contribution in [0.5, 0.6) is 5.75 Å². The molecule has 106 valence electrons. The van der Waals surface area contributed by atoms with Crippen molar-refractivity contribution in [2.75, 3.05) is 27.2 Å². The van der Waals surface area contributed by atoms with Gasteiger partial charge in [-0.3, -0.25) is 0 Å². The molecule has 3 heteroatoms. The van der Waals surface area contributed by atoms with Crippen LogP contribution < -0.4 is 10.1 Å². The second kappa shape index (κ2) is 6.92. The van der Waals surface area contributed by atoms with Crippen LogP contribution in [0.2, 0.25) is 0 Å². The normalized spacial score (nSPS) is 14.9. The molecule has 0 atom stereocenters. The van der Waals surface area contributed by atoms with Gasteiger partial charge in [0.1, 0.15) is 5.75 Å². The average molecular weight is 262 g/mol. The Morgan fingerprint density at radius 3 is 2.79 bits per heavy atom. The van der Waals surface area contributed by atoms with Gasteiger partial charge in [-0.25, -0.2) is 0 Å². The Kier molecular flexibility index (Phi) is 5.23. The minimum absolute atomic E-state index is 0.798. The summed E-state index contributed by atoms with van der Waals surface area (Å²) in [5, 5.41) is 3.55. The molecular formula is C16H26N2O. The van der Waals surface area contributed by atoms with Gasteiger partial charge in [0.15, 0.2) is 0 Å². The molecule has 2 rings (SSSR count). The monoisotopic (exact) mass is 262 g/mol. The number of aryl methyl sites for hydroxylation is 1. The number of rotatable bonds is 8. The van der Waals surface area contributed by atoms with Crippen molar-refractivity contribution in [1.29, 1.82) is 0 Å². The van der Waals surface area contributed by atoms with Crippen LogP contribution in [-0.4, -0.2) is 38.2 Å². The van der Waals surface area contributed by atoms with Gasteiger partial charge in [0, 0.05) is 31.2 Å². The van der Waals surface area contributed by atoms with Crippen LogP contribution in [0.15, 0.2) is 18.2 Å². The third-order valence-corrected chi connectivity index (χ3v) is 3.70. The fraction of sp³-hybridized carbons (Fsp3) is 0.625. The van der Waals surface area contributed by atoms with E-state index in [1.54, 1.807) is 7.11 Å². The number of nitrogens with one attached hydrogen (secondary N) is 1. The molecule has 0 unspecified atom stereocenters. The molecule has 1 aliphatic carbocycles. The van der Waals surface area contributed by atoms with Crippen LogP contribution in [0.25, 0.3) is 0 Å². The highest BCUT2D eigenvalue weighted by atomic mass is 16.5. The summed E-state index contributed by atoms with van der Waals surface area (Å²) in [6.07, 6.45) is 3.79. The first-order valence-corrected chi connectivity index (χ1v) is 7.30. The van der Waals surface area contributed by atoms with Gasteiger partial charge in [-0.05, 0) is 37.9 Å².